The molecule has 0 spiro atoms. The fourth-order valence-electron chi connectivity index (χ4n) is 2.56. The number of hydrogen-bond donors (Lipinski definition) is 1. The lowest BCUT2D eigenvalue weighted by Gasteiger charge is -2.23. The molecule has 0 radical (unpaired) electrons. The molecule has 24 heavy (non-hydrogen) atoms. The maximum absolute atomic E-state index is 12.1. The average Bonchev–Trinajstić information content (AvgIpc) is 2.94. The van der Waals surface area contributed by atoms with Crippen LogP contribution in [-0.2, 0) is 21.2 Å². The Morgan fingerprint density at radius 1 is 1.21 bits per heavy atom. The third kappa shape index (κ3) is 3.77. The number of primary sulfonamides is 1. The summed E-state index contributed by atoms with van der Waals surface area (Å²) in [6.07, 6.45) is 2.36. The zero-order valence-corrected chi connectivity index (χ0v) is 14.5. The number of pyridine rings is 1. The molecule has 1 aromatic heterocycles. The molecular formula is C16H17N3O3S2. The van der Waals surface area contributed by atoms with E-state index >= 15 is 0 Å². The van der Waals surface area contributed by atoms with E-state index in [0.29, 0.717) is 18.7 Å². The highest BCUT2D eigenvalue weighted by Crippen LogP contribution is 2.37. The highest BCUT2D eigenvalue weighted by atomic mass is 32.2. The first-order valence-electron chi connectivity index (χ1n) is 7.39. The Bertz CT molecular complexity index is 823. The number of carbonyl (C=O) groups is 1. The van der Waals surface area contributed by atoms with Crippen LogP contribution in [0.5, 0.6) is 0 Å². The first kappa shape index (κ1) is 16.9. The number of aromatic nitrogens is 1. The minimum atomic E-state index is -3.68. The van der Waals surface area contributed by atoms with Crippen molar-refractivity contribution in [1.82, 2.24) is 9.88 Å². The summed E-state index contributed by atoms with van der Waals surface area (Å²) in [5.41, 5.74) is 1.82. The minimum absolute atomic E-state index is 0.0672. The van der Waals surface area contributed by atoms with Gasteiger partial charge in [-0.3, -0.25) is 9.78 Å². The second-order valence-electron chi connectivity index (χ2n) is 5.44. The lowest BCUT2D eigenvalue weighted by molar-refractivity contribution is -0.128. The Kier molecular flexibility index (Phi) is 4.88. The van der Waals surface area contributed by atoms with E-state index in [-0.39, 0.29) is 16.2 Å². The van der Waals surface area contributed by atoms with Gasteiger partial charge in [0.15, 0.2) is 0 Å². The van der Waals surface area contributed by atoms with E-state index < -0.39 is 10.0 Å². The summed E-state index contributed by atoms with van der Waals surface area (Å²) < 4.78 is 22.5. The van der Waals surface area contributed by atoms with E-state index in [1.165, 1.54) is 12.1 Å². The van der Waals surface area contributed by atoms with Crippen molar-refractivity contribution in [3.63, 3.8) is 0 Å². The zero-order chi connectivity index (χ0) is 17.2. The zero-order valence-electron chi connectivity index (χ0n) is 12.8. The summed E-state index contributed by atoms with van der Waals surface area (Å²) >= 11 is 1.57. The third-order valence-electron chi connectivity index (χ3n) is 3.80. The van der Waals surface area contributed by atoms with Crippen molar-refractivity contribution in [1.29, 1.82) is 0 Å². The van der Waals surface area contributed by atoms with Crippen LogP contribution >= 0.6 is 11.8 Å². The summed E-state index contributed by atoms with van der Waals surface area (Å²) in [5, 5.41) is 5.02. The molecule has 8 heteroatoms. The topological polar surface area (TPSA) is 93.4 Å². The van der Waals surface area contributed by atoms with Crippen molar-refractivity contribution in [3.8, 4) is 0 Å². The largest absolute Gasteiger partial charge is 0.324 e. The lowest BCUT2D eigenvalue weighted by atomic mass is 10.1. The van der Waals surface area contributed by atoms with Crippen molar-refractivity contribution in [2.45, 2.75) is 16.7 Å². The SMILES string of the molecule is NS(=O)(=O)c1ccc(CCN2C(=O)CSC2c2ccccn2)cc1. The van der Waals surface area contributed by atoms with Crippen molar-refractivity contribution >= 4 is 27.7 Å². The Hall–Kier alpha value is -1.90. The van der Waals surface area contributed by atoms with Gasteiger partial charge >= 0.3 is 0 Å². The van der Waals surface area contributed by atoms with Crippen LogP contribution in [0.15, 0.2) is 53.6 Å². The molecule has 1 fully saturated rings. The third-order valence-corrected chi connectivity index (χ3v) is 5.96. The molecule has 1 saturated heterocycles. The number of sulfonamides is 1. The van der Waals surface area contributed by atoms with E-state index in [4.69, 9.17) is 5.14 Å². The van der Waals surface area contributed by atoms with Crippen LogP contribution in [-0.4, -0.2) is 36.5 Å². The van der Waals surface area contributed by atoms with Gasteiger partial charge in [0.2, 0.25) is 15.9 Å². The molecule has 2 aromatic rings. The normalized spacial score (nSPS) is 18.1. The van der Waals surface area contributed by atoms with Gasteiger partial charge in [0.1, 0.15) is 5.37 Å². The van der Waals surface area contributed by atoms with E-state index in [2.05, 4.69) is 4.98 Å². The lowest BCUT2D eigenvalue weighted by Crippen LogP contribution is -2.30. The van der Waals surface area contributed by atoms with Crippen LogP contribution in [0, 0.1) is 0 Å². The summed E-state index contributed by atoms with van der Waals surface area (Å²) in [6, 6.07) is 12.1. The molecule has 2 heterocycles. The van der Waals surface area contributed by atoms with Crippen LogP contribution in [0.3, 0.4) is 0 Å². The van der Waals surface area contributed by atoms with Gasteiger partial charge in [-0.1, -0.05) is 18.2 Å². The van der Waals surface area contributed by atoms with Crippen LogP contribution in [0.1, 0.15) is 16.6 Å². The second-order valence-corrected chi connectivity index (χ2v) is 8.07. The Labute approximate surface area is 145 Å². The smallest absolute Gasteiger partial charge is 0.238 e. The average molecular weight is 363 g/mol. The van der Waals surface area contributed by atoms with Crippen molar-refractivity contribution in [3.05, 3.63) is 59.9 Å². The summed E-state index contributed by atoms with van der Waals surface area (Å²) in [6.45, 7) is 0.557. The predicted molar refractivity (Wildman–Crippen MR) is 92.7 cm³/mol. The molecule has 126 valence electrons. The summed E-state index contributed by atoms with van der Waals surface area (Å²) in [4.78, 5) is 18.4. The first-order chi connectivity index (χ1) is 11.4. The van der Waals surface area contributed by atoms with Crippen LogP contribution in [0.2, 0.25) is 0 Å². The summed E-state index contributed by atoms with van der Waals surface area (Å²) in [5.74, 6) is 0.544. The van der Waals surface area contributed by atoms with Crippen molar-refractivity contribution in [2.24, 2.45) is 5.14 Å². The van der Waals surface area contributed by atoms with Crippen molar-refractivity contribution in [2.75, 3.05) is 12.3 Å². The molecule has 1 aromatic carbocycles. The van der Waals surface area contributed by atoms with Crippen LogP contribution < -0.4 is 5.14 Å². The number of nitrogens with two attached hydrogens (primary N) is 1. The minimum Gasteiger partial charge on any atom is -0.324 e. The van der Waals surface area contributed by atoms with E-state index in [0.717, 1.165) is 11.3 Å². The van der Waals surface area contributed by atoms with Gasteiger partial charge in [0, 0.05) is 12.7 Å². The molecule has 1 aliphatic heterocycles. The molecule has 0 saturated carbocycles. The quantitative estimate of drug-likeness (QED) is 0.870. The van der Waals surface area contributed by atoms with Gasteiger partial charge in [0.05, 0.1) is 16.3 Å². The molecule has 1 aliphatic rings. The number of nitrogens with zero attached hydrogens (tertiary/aromatic N) is 2. The van der Waals surface area contributed by atoms with Gasteiger partial charge in [-0.25, -0.2) is 13.6 Å². The maximum atomic E-state index is 12.1. The van der Waals surface area contributed by atoms with Crippen LogP contribution in [0.25, 0.3) is 0 Å². The van der Waals surface area contributed by atoms with Gasteiger partial charge in [0.25, 0.3) is 0 Å². The highest BCUT2D eigenvalue weighted by Gasteiger charge is 2.33. The molecule has 1 unspecified atom stereocenters. The molecule has 3 rings (SSSR count). The Morgan fingerprint density at radius 2 is 1.96 bits per heavy atom. The number of carbonyl (C=O) groups excluding carboxylic acids is 1. The molecule has 1 atom stereocenters. The second kappa shape index (κ2) is 6.92. The number of thioether (sulfide) groups is 1. The van der Waals surface area contributed by atoms with Crippen molar-refractivity contribution < 1.29 is 13.2 Å². The first-order valence-corrected chi connectivity index (χ1v) is 9.98. The van der Waals surface area contributed by atoms with E-state index in [1.54, 1.807) is 30.1 Å². The number of amides is 1. The fourth-order valence-corrected chi connectivity index (χ4v) is 4.25. The van der Waals surface area contributed by atoms with E-state index in [9.17, 15) is 13.2 Å². The molecule has 0 aliphatic carbocycles. The standard InChI is InChI=1S/C16H17N3O3S2/c17-24(21,22)13-6-4-12(5-7-13)8-10-19-15(20)11-23-16(19)14-3-1-2-9-18-14/h1-7,9,16H,8,10-11H2,(H2,17,21,22). The Balaban J connectivity index is 1.69. The fraction of sp³-hybridized carbons (Fsp3) is 0.250. The predicted octanol–water partition coefficient (Wildman–Crippen LogP) is 1.55. The molecular weight excluding hydrogens is 346 g/mol. The maximum Gasteiger partial charge on any atom is 0.238 e. The Morgan fingerprint density at radius 3 is 2.58 bits per heavy atom. The molecule has 6 nitrogen and oxygen atoms in total. The van der Waals surface area contributed by atoms with Gasteiger partial charge < -0.3 is 4.90 Å². The van der Waals surface area contributed by atoms with Gasteiger partial charge in [-0.15, -0.1) is 11.8 Å². The van der Waals surface area contributed by atoms with E-state index in [1.807, 2.05) is 23.1 Å². The number of hydrogen-bond acceptors (Lipinski definition) is 5. The van der Waals surface area contributed by atoms with Crippen LogP contribution in [0.4, 0.5) is 0 Å². The summed E-state index contributed by atoms with van der Waals surface area (Å²) in [7, 11) is -3.68. The van der Waals surface area contributed by atoms with Gasteiger partial charge in [-0.2, -0.15) is 0 Å². The number of rotatable bonds is 5. The molecule has 2 N–H and O–H groups in total. The monoisotopic (exact) mass is 363 g/mol. The number of benzene rings is 1. The van der Waals surface area contributed by atoms with Gasteiger partial charge in [-0.05, 0) is 36.2 Å². The highest BCUT2D eigenvalue weighted by molar-refractivity contribution is 8.00. The molecule has 0 bridgehead atoms. The molecule has 1 amide bonds.